The molecule has 26 heavy (non-hydrogen) atoms. The van der Waals surface area contributed by atoms with E-state index in [1.165, 1.54) is 10.4 Å². The maximum atomic E-state index is 12.3. The Morgan fingerprint density at radius 3 is 2.65 bits per heavy atom. The van der Waals surface area contributed by atoms with Crippen molar-refractivity contribution in [2.75, 3.05) is 13.7 Å². The molecule has 2 aromatic carbocycles. The third-order valence-electron chi connectivity index (χ3n) is 4.16. The van der Waals surface area contributed by atoms with Gasteiger partial charge in [-0.3, -0.25) is 4.79 Å². The van der Waals surface area contributed by atoms with Crippen LogP contribution in [0.1, 0.15) is 26.5 Å². The number of thiazole rings is 1. The second kappa shape index (κ2) is 8.15. The zero-order valence-corrected chi connectivity index (χ0v) is 16.0. The lowest BCUT2D eigenvalue weighted by Crippen LogP contribution is -2.25. The number of hydrogen-bond donors (Lipinski definition) is 1. The molecule has 1 N–H and O–H groups in total. The molecule has 1 heterocycles. The van der Waals surface area contributed by atoms with E-state index < -0.39 is 0 Å². The molecule has 3 rings (SSSR count). The summed E-state index contributed by atoms with van der Waals surface area (Å²) < 4.78 is 5.16. The third kappa shape index (κ3) is 4.29. The molecule has 5 heteroatoms. The van der Waals surface area contributed by atoms with Gasteiger partial charge in [0.15, 0.2) is 0 Å². The normalized spacial score (nSPS) is 10.6. The van der Waals surface area contributed by atoms with Gasteiger partial charge in [0.05, 0.1) is 12.8 Å². The van der Waals surface area contributed by atoms with Gasteiger partial charge in [0, 0.05) is 29.0 Å². The Hall–Kier alpha value is -2.66. The molecule has 0 aliphatic heterocycles. The molecule has 4 nitrogen and oxygen atoms in total. The summed E-state index contributed by atoms with van der Waals surface area (Å²) in [6.07, 6.45) is 0.769. The maximum Gasteiger partial charge on any atom is 0.251 e. The molecular formula is C21H22N2O2S. The summed E-state index contributed by atoms with van der Waals surface area (Å²) in [4.78, 5) is 18.1. The molecule has 3 aromatic rings. The number of benzene rings is 2. The van der Waals surface area contributed by atoms with Crippen LogP contribution in [0.25, 0.3) is 10.6 Å². The van der Waals surface area contributed by atoms with Crippen LogP contribution in [-0.2, 0) is 6.42 Å². The SMILES string of the molecule is COc1cccc(C(=O)NCCc2sc(-c3ccc(C)cc3)nc2C)c1. The van der Waals surface area contributed by atoms with E-state index in [0.29, 0.717) is 17.9 Å². The van der Waals surface area contributed by atoms with E-state index in [2.05, 4.69) is 41.5 Å². The first-order valence-electron chi connectivity index (χ1n) is 8.52. The lowest BCUT2D eigenvalue weighted by Gasteiger charge is -2.06. The number of carbonyl (C=O) groups excluding carboxylic acids is 1. The van der Waals surface area contributed by atoms with Crippen LogP contribution in [0.3, 0.4) is 0 Å². The average molecular weight is 366 g/mol. The lowest BCUT2D eigenvalue weighted by atomic mass is 10.2. The van der Waals surface area contributed by atoms with Gasteiger partial charge in [-0.25, -0.2) is 4.98 Å². The lowest BCUT2D eigenvalue weighted by molar-refractivity contribution is 0.0954. The third-order valence-corrected chi connectivity index (χ3v) is 5.43. The Bertz CT molecular complexity index is 901. The number of nitrogens with zero attached hydrogens (tertiary/aromatic N) is 1. The molecule has 1 amide bonds. The maximum absolute atomic E-state index is 12.3. The topological polar surface area (TPSA) is 51.2 Å². The number of nitrogens with one attached hydrogen (secondary N) is 1. The van der Waals surface area contributed by atoms with Crippen LogP contribution in [0, 0.1) is 13.8 Å². The smallest absolute Gasteiger partial charge is 0.251 e. The van der Waals surface area contributed by atoms with E-state index in [-0.39, 0.29) is 5.91 Å². The Kier molecular flexibility index (Phi) is 5.68. The molecule has 0 fully saturated rings. The fourth-order valence-electron chi connectivity index (χ4n) is 2.64. The van der Waals surface area contributed by atoms with Gasteiger partial charge in [0.2, 0.25) is 0 Å². The standard InChI is InChI=1S/C21H22N2O2S/c1-14-7-9-16(10-8-14)21-23-15(2)19(26-21)11-12-22-20(24)17-5-4-6-18(13-17)25-3/h4-10,13H,11-12H2,1-3H3,(H,22,24). The number of methoxy groups -OCH3 is 1. The van der Waals surface area contributed by atoms with Crippen molar-refractivity contribution in [1.29, 1.82) is 0 Å². The Balaban J connectivity index is 1.61. The minimum Gasteiger partial charge on any atom is -0.497 e. The van der Waals surface area contributed by atoms with E-state index in [9.17, 15) is 4.79 Å². The van der Waals surface area contributed by atoms with E-state index in [1.807, 2.05) is 19.1 Å². The summed E-state index contributed by atoms with van der Waals surface area (Å²) in [6.45, 7) is 4.67. The highest BCUT2D eigenvalue weighted by molar-refractivity contribution is 7.15. The Morgan fingerprint density at radius 2 is 1.92 bits per heavy atom. The van der Waals surface area contributed by atoms with Gasteiger partial charge in [-0.05, 0) is 32.0 Å². The van der Waals surface area contributed by atoms with E-state index in [1.54, 1.807) is 30.6 Å². The molecule has 0 saturated carbocycles. The average Bonchev–Trinajstić information content (AvgIpc) is 3.03. The summed E-state index contributed by atoms with van der Waals surface area (Å²) in [5.74, 6) is 0.587. The van der Waals surface area contributed by atoms with Crippen molar-refractivity contribution >= 4 is 17.2 Å². The molecule has 0 aliphatic rings. The van der Waals surface area contributed by atoms with Gasteiger partial charge in [0.1, 0.15) is 10.8 Å². The van der Waals surface area contributed by atoms with Crippen LogP contribution in [0.4, 0.5) is 0 Å². The number of rotatable bonds is 6. The van der Waals surface area contributed by atoms with Crippen molar-refractivity contribution in [3.05, 3.63) is 70.2 Å². The quantitative estimate of drug-likeness (QED) is 0.703. The second-order valence-corrected chi connectivity index (χ2v) is 7.22. The molecule has 0 aliphatic carbocycles. The van der Waals surface area contributed by atoms with Crippen molar-refractivity contribution in [3.8, 4) is 16.3 Å². The van der Waals surface area contributed by atoms with Gasteiger partial charge in [0.25, 0.3) is 5.91 Å². The molecule has 0 spiro atoms. The summed E-state index contributed by atoms with van der Waals surface area (Å²) >= 11 is 1.69. The highest BCUT2D eigenvalue weighted by Crippen LogP contribution is 2.28. The van der Waals surface area contributed by atoms with E-state index in [0.717, 1.165) is 22.7 Å². The largest absolute Gasteiger partial charge is 0.497 e. The first-order chi connectivity index (χ1) is 12.6. The van der Waals surface area contributed by atoms with Gasteiger partial charge >= 0.3 is 0 Å². The zero-order chi connectivity index (χ0) is 18.5. The predicted molar refractivity (Wildman–Crippen MR) is 106 cm³/mol. The van der Waals surface area contributed by atoms with Crippen LogP contribution in [0.2, 0.25) is 0 Å². The van der Waals surface area contributed by atoms with Gasteiger partial charge in [-0.1, -0.05) is 35.9 Å². The number of ether oxygens (including phenoxy) is 1. The van der Waals surface area contributed by atoms with Crippen LogP contribution >= 0.6 is 11.3 Å². The second-order valence-electron chi connectivity index (χ2n) is 6.13. The molecule has 0 bridgehead atoms. The van der Waals surface area contributed by atoms with Crippen LogP contribution in [-0.4, -0.2) is 24.5 Å². The number of aromatic nitrogens is 1. The highest BCUT2D eigenvalue weighted by atomic mass is 32.1. The molecule has 0 unspecified atom stereocenters. The van der Waals surface area contributed by atoms with Crippen molar-refractivity contribution in [3.63, 3.8) is 0 Å². The predicted octanol–water partition coefficient (Wildman–Crippen LogP) is 4.41. The molecule has 1 aromatic heterocycles. The molecule has 0 saturated heterocycles. The zero-order valence-electron chi connectivity index (χ0n) is 15.2. The summed E-state index contributed by atoms with van der Waals surface area (Å²) in [7, 11) is 1.59. The Labute approximate surface area is 157 Å². The highest BCUT2D eigenvalue weighted by Gasteiger charge is 2.11. The minimum atomic E-state index is -0.0928. The summed E-state index contributed by atoms with van der Waals surface area (Å²) in [5.41, 5.74) is 4.00. The summed E-state index contributed by atoms with van der Waals surface area (Å²) in [6, 6.07) is 15.6. The molecule has 0 atom stereocenters. The fourth-order valence-corrected chi connectivity index (χ4v) is 3.70. The van der Waals surface area contributed by atoms with Crippen LogP contribution in [0.5, 0.6) is 5.75 Å². The van der Waals surface area contributed by atoms with Gasteiger partial charge < -0.3 is 10.1 Å². The number of amides is 1. The van der Waals surface area contributed by atoms with Crippen molar-refractivity contribution < 1.29 is 9.53 Å². The van der Waals surface area contributed by atoms with E-state index >= 15 is 0 Å². The number of hydrogen-bond acceptors (Lipinski definition) is 4. The van der Waals surface area contributed by atoms with Crippen molar-refractivity contribution in [2.45, 2.75) is 20.3 Å². The molecule has 0 radical (unpaired) electrons. The summed E-state index contributed by atoms with van der Waals surface area (Å²) in [5, 5.41) is 3.99. The number of carbonyl (C=O) groups is 1. The molecular weight excluding hydrogens is 344 g/mol. The fraction of sp³-hybridized carbons (Fsp3) is 0.238. The monoisotopic (exact) mass is 366 g/mol. The van der Waals surface area contributed by atoms with Gasteiger partial charge in [-0.15, -0.1) is 11.3 Å². The van der Waals surface area contributed by atoms with Crippen LogP contribution in [0.15, 0.2) is 48.5 Å². The minimum absolute atomic E-state index is 0.0928. The Morgan fingerprint density at radius 1 is 1.15 bits per heavy atom. The van der Waals surface area contributed by atoms with Crippen molar-refractivity contribution in [2.24, 2.45) is 0 Å². The van der Waals surface area contributed by atoms with Crippen LogP contribution < -0.4 is 10.1 Å². The van der Waals surface area contributed by atoms with E-state index in [4.69, 9.17) is 4.74 Å². The first-order valence-corrected chi connectivity index (χ1v) is 9.34. The number of aryl methyl sites for hydroxylation is 2. The molecule has 134 valence electrons. The van der Waals surface area contributed by atoms with Gasteiger partial charge in [-0.2, -0.15) is 0 Å². The first kappa shape index (κ1) is 18.1. The van der Waals surface area contributed by atoms with Crippen molar-refractivity contribution in [1.82, 2.24) is 10.3 Å².